The van der Waals surface area contributed by atoms with Crippen LogP contribution in [0, 0.1) is 24.2 Å². The van der Waals surface area contributed by atoms with Gasteiger partial charge in [-0.2, -0.15) is 0 Å². The Kier molecular flexibility index (Phi) is 5.24. The van der Waals surface area contributed by atoms with Gasteiger partial charge in [0.25, 0.3) is 0 Å². The number of hydrogen-bond acceptors (Lipinski definition) is 2. The summed E-state index contributed by atoms with van der Waals surface area (Å²) in [5, 5.41) is 0.727. The molecule has 0 bridgehead atoms. The molecule has 2 aromatic rings. The predicted octanol–water partition coefficient (Wildman–Crippen LogP) is 6.12. The topological polar surface area (TPSA) is 26.3 Å². The molecule has 136 valence electrons. The Hall–Kier alpha value is -2.06. The fourth-order valence-electron chi connectivity index (χ4n) is 3.70. The highest BCUT2D eigenvalue weighted by Gasteiger charge is 2.61. The highest BCUT2D eigenvalue weighted by Crippen LogP contribution is 2.60. The second-order valence-electron chi connectivity index (χ2n) is 7.64. The van der Waals surface area contributed by atoms with Crippen LogP contribution in [0.3, 0.4) is 0 Å². The maximum absolute atomic E-state index is 12.6. The molecule has 3 rings (SSSR count). The molecule has 0 unspecified atom stereocenters. The van der Waals surface area contributed by atoms with Crippen molar-refractivity contribution in [3.05, 3.63) is 70.8 Å². The molecule has 26 heavy (non-hydrogen) atoms. The third-order valence-electron chi connectivity index (χ3n) is 5.47. The second-order valence-corrected chi connectivity index (χ2v) is 8.24. The summed E-state index contributed by atoms with van der Waals surface area (Å²) in [6, 6.07) is 16.4. The first-order valence-electron chi connectivity index (χ1n) is 8.97. The van der Waals surface area contributed by atoms with Gasteiger partial charge in [0, 0.05) is 5.03 Å². The first-order chi connectivity index (χ1) is 12.3. The molecule has 0 saturated heterocycles. The van der Waals surface area contributed by atoms with Gasteiger partial charge < -0.3 is 4.74 Å². The lowest BCUT2D eigenvalue weighted by molar-refractivity contribution is -0.147. The van der Waals surface area contributed by atoms with Crippen LogP contribution in [0.2, 0.25) is 0 Å². The minimum Gasteiger partial charge on any atom is -0.461 e. The highest BCUT2D eigenvalue weighted by atomic mass is 35.5. The summed E-state index contributed by atoms with van der Waals surface area (Å²) in [5.41, 5.74) is 4.44. The number of hydrogen-bond donors (Lipinski definition) is 0. The zero-order chi connectivity index (χ0) is 18.9. The highest BCUT2D eigenvalue weighted by molar-refractivity contribution is 6.29. The van der Waals surface area contributed by atoms with Crippen LogP contribution >= 0.6 is 11.6 Å². The molecular formula is C23H25ClO2. The van der Waals surface area contributed by atoms with Crippen molar-refractivity contribution in [2.45, 2.75) is 34.3 Å². The molecule has 0 N–H and O–H groups in total. The third kappa shape index (κ3) is 3.71. The summed E-state index contributed by atoms with van der Waals surface area (Å²) in [7, 11) is 0. The van der Waals surface area contributed by atoms with E-state index in [1.807, 2.05) is 43.3 Å². The quantitative estimate of drug-likeness (QED) is 0.594. The standard InChI is InChI=1S/C23H25ClO2/c1-15(24)13-20-21(23(20,3)4)22(25)26-14-18-11-8-12-19(16(18)2)17-9-6-5-7-10-17/h5-13,20-21H,14H2,1-4H3/b15-13-/t20-,21-/m1/s1. The van der Waals surface area contributed by atoms with Crippen LogP contribution in [0.4, 0.5) is 0 Å². The fraction of sp³-hybridized carbons (Fsp3) is 0.348. The monoisotopic (exact) mass is 368 g/mol. The number of carbonyl (C=O) groups is 1. The Morgan fingerprint density at radius 1 is 1.15 bits per heavy atom. The first kappa shape index (κ1) is 18.7. The van der Waals surface area contributed by atoms with Crippen LogP contribution in [0.25, 0.3) is 11.1 Å². The molecule has 1 aliphatic rings. The van der Waals surface area contributed by atoms with E-state index in [9.17, 15) is 4.79 Å². The average molecular weight is 369 g/mol. The Balaban J connectivity index is 1.71. The number of ether oxygens (including phenoxy) is 1. The van der Waals surface area contributed by atoms with E-state index >= 15 is 0 Å². The molecule has 0 spiro atoms. The Labute approximate surface area is 160 Å². The van der Waals surface area contributed by atoms with Crippen molar-refractivity contribution in [3.8, 4) is 11.1 Å². The molecule has 0 aromatic heterocycles. The number of allylic oxidation sites excluding steroid dienone is 2. The Morgan fingerprint density at radius 3 is 2.50 bits per heavy atom. The van der Waals surface area contributed by atoms with Gasteiger partial charge in [0.15, 0.2) is 0 Å². The van der Waals surface area contributed by atoms with E-state index in [0.29, 0.717) is 6.61 Å². The molecule has 0 radical (unpaired) electrons. The van der Waals surface area contributed by atoms with Gasteiger partial charge in [-0.3, -0.25) is 4.79 Å². The fourth-order valence-corrected chi connectivity index (χ4v) is 3.83. The second kappa shape index (κ2) is 7.28. The lowest BCUT2D eigenvalue weighted by Crippen LogP contribution is -2.11. The first-order valence-corrected chi connectivity index (χ1v) is 9.34. The van der Waals surface area contributed by atoms with Crippen molar-refractivity contribution in [1.29, 1.82) is 0 Å². The molecule has 0 heterocycles. The van der Waals surface area contributed by atoms with E-state index in [1.165, 1.54) is 11.1 Å². The van der Waals surface area contributed by atoms with E-state index in [0.717, 1.165) is 16.2 Å². The van der Waals surface area contributed by atoms with Crippen LogP contribution < -0.4 is 0 Å². The van der Waals surface area contributed by atoms with Gasteiger partial charge in [-0.05, 0) is 47.4 Å². The predicted molar refractivity (Wildman–Crippen MR) is 107 cm³/mol. The van der Waals surface area contributed by atoms with Crippen LogP contribution in [-0.4, -0.2) is 5.97 Å². The van der Waals surface area contributed by atoms with Crippen LogP contribution in [0.1, 0.15) is 31.9 Å². The number of rotatable bonds is 5. The zero-order valence-electron chi connectivity index (χ0n) is 15.8. The molecule has 2 nitrogen and oxygen atoms in total. The zero-order valence-corrected chi connectivity index (χ0v) is 16.5. The lowest BCUT2D eigenvalue weighted by atomic mass is 9.97. The third-order valence-corrected chi connectivity index (χ3v) is 5.60. The maximum atomic E-state index is 12.6. The van der Waals surface area contributed by atoms with Crippen molar-refractivity contribution in [3.63, 3.8) is 0 Å². The molecule has 2 aromatic carbocycles. The normalized spacial score (nSPS) is 21.3. The smallest absolute Gasteiger partial charge is 0.310 e. The van der Waals surface area contributed by atoms with E-state index in [4.69, 9.17) is 16.3 Å². The maximum Gasteiger partial charge on any atom is 0.310 e. The molecule has 1 fully saturated rings. The summed E-state index contributed by atoms with van der Waals surface area (Å²) in [4.78, 5) is 12.6. The number of esters is 1. The van der Waals surface area contributed by atoms with Gasteiger partial charge in [-0.15, -0.1) is 0 Å². The van der Waals surface area contributed by atoms with E-state index in [-0.39, 0.29) is 23.2 Å². The Morgan fingerprint density at radius 2 is 1.85 bits per heavy atom. The summed E-state index contributed by atoms with van der Waals surface area (Å²) in [6.07, 6.45) is 1.97. The Bertz CT molecular complexity index is 833. The van der Waals surface area contributed by atoms with Crippen molar-refractivity contribution < 1.29 is 9.53 Å². The van der Waals surface area contributed by atoms with Gasteiger partial charge in [-0.1, -0.05) is 80.1 Å². The lowest BCUT2D eigenvalue weighted by Gasteiger charge is -2.12. The summed E-state index contributed by atoms with van der Waals surface area (Å²) >= 11 is 5.99. The van der Waals surface area contributed by atoms with Crippen LogP contribution in [-0.2, 0) is 16.1 Å². The molecule has 0 aliphatic heterocycles. The van der Waals surface area contributed by atoms with Crippen molar-refractivity contribution in [2.24, 2.45) is 17.3 Å². The van der Waals surface area contributed by atoms with E-state index in [2.05, 4.69) is 39.0 Å². The van der Waals surface area contributed by atoms with Crippen molar-refractivity contribution >= 4 is 17.6 Å². The van der Waals surface area contributed by atoms with E-state index < -0.39 is 0 Å². The number of benzene rings is 2. The van der Waals surface area contributed by atoms with Crippen LogP contribution in [0.5, 0.6) is 0 Å². The van der Waals surface area contributed by atoms with Gasteiger partial charge in [0.2, 0.25) is 0 Å². The van der Waals surface area contributed by atoms with Crippen molar-refractivity contribution in [1.82, 2.24) is 0 Å². The summed E-state index contributed by atoms with van der Waals surface area (Å²) < 4.78 is 5.66. The molecule has 1 aliphatic carbocycles. The number of halogens is 1. The molecule has 0 amide bonds. The largest absolute Gasteiger partial charge is 0.461 e. The van der Waals surface area contributed by atoms with Crippen LogP contribution in [0.15, 0.2) is 59.6 Å². The van der Waals surface area contributed by atoms with Gasteiger partial charge >= 0.3 is 5.97 Å². The van der Waals surface area contributed by atoms with Gasteiger partial charge in [0.05, 0.1) is 5.92 Å². The number of carbonyl (C=O) groups excluding carboxylic acids is 1. The minimum atomic E-state index is -0.140. The SMILES string of the molecule is C/C(Cl)=C/[C@@H]1[C@H](C(=O)OCc2cccc(-c3ccccc3)c2C)C1(C)C. The summed E-state index contributed by atoms with van der Waals surface area (Å²) in [6.45, 7) is 8.39. The average Bonchev–Trinajstić information content (AvgIpc) is 3.14. The molecule has 3 heteroatoms. The van der Waals surface area contributed by atoms with E-state index in [1.54, 1.807) is 0 Å². The van der Waals surface area contributed by atoms with Gasteiger partial charge in [-0.25, -0.2) is 0 Å². The van der Waals surface area contributed by atoms with Gasteiger partial charge in [0.1, 0.15) is 6.61 Å². The molecular weight excluding hydrogens is 344 g/mol. The summed E-state index contributed by atoms with van der Waals surface area (Å²) in [5.74, 6) is -0.100. The van der Waals surface area contributed by atoms with Crippen molar-refractivity contribution in [2.75, 3.05) is 0 Å². The molecule has 2 atom stereocenters. The molecule has 1 saturated carbocycles. The minimum absolute atomic E-state index is 0.0891.